The monoisotopic (exact) mass is 842 g/mol. The molecule has 1 aliphatic heterocycles. The molecule has 4 heterocycles. The summed E-state index contributed by atoms with van der Waals surface area (Å²) >= 11 is 14.1. The minimum absolute atomic E-state index is 0.00940. The van der Waals surface area contributed by atoms with Crippen molar-refractivity contribution in [2.75, 3.05) is 59.1 Å². The lowest BCUT2D eigenvalue weighted by atomic mass is 9.99. The number of nitrogens with one attached hydrogen (secondary N) is 1. The predicted octanol–water partition coefficient (Wildman–Crippen LogP) is 6.43. The van der Waals surface area contributed by atoms with Gasteiger partial charge in [-0.15, -0.1) is 0 Å². The van der Waals surface area contributed by atoms with Crippen molar-refractivity contribution < 1.29 is 27.8 Å². The van der Waals surface area contributed by atoms with E-state index in [1.165, 1.54) is 20.2 Å². The van der Waals surface area contributed by atoms with Gasteiger partial charge in [0.2, 0.25) is 11.7 Å². The van der Waals surface area contributed by atoms with Gasteiger partial charge in [0.05, 0.1) is 41.9 Å². The van der Waals surface area contributed by atoms with Crippen molar-refractivity contribution in [3.8, 4) is 28.3 Å². The summed E-state index contributed by atoms with van der Waals surface area (Å²) in [5.74, 6) is -0.965. The number of ether oxygens (including phenoxy) is 2. The average molecular weight is 844 g/mol. The Bertz CT molecular complexity index is 2480. The molecule has 2 aromatic carbocycles. The van der Waals surface area contributed by atoms with E-state index in [0.717, 1.165) is 65.6 Å². The van der Waals surface area contributed by atoms with Gasteiger partial charge in [-0.2, -0.15) is 13.2 Å². The maximum Gasteiger partial charge on any atom is 0.451 e. The summed E-state index contributed by atoms with van der Waals surface area (Å²) in [7, 11) is 5.70. The van der Waals surface area contributed by atoms with Crippen LogP contribution in [0.4, 0.5) is 24.7 Å². The molecule has 5 aromatic rings. The highest BCUT2D eigenvalue weighted by molar-refractivity contribution is 6.39. The van der Waals surface area contributed by atoms with E-state index in [4.69, 9.17) is 37.7 Å². The van der Waals surface area contributed by atoms with E-state index in [2.05, 4.69) is 26.3 Å². The first-order valence-corrected chi connectivity index (χ1v) is 19.5. The number of likely N-dealkylation sites (tertiary alicyclic amines) is 1. The summed E-state index contributed by atoms with van der Waals surface area (Å²) in [6, 6.07) is 12.5. The number of hydrogen-bond acceptors (Lipinski definition) is 11. The number of hydrogen-bond donors (Lipinski definition) is 2. The van der Waals surface area contributed by atoms with Crippen LogP contribution in [0.1, 0.15) is 42.3 Å². The molecule has 1 fully saturated rings. The Kier molecular flexibility index (Phi) is 12.2. The van der Waals surface area contributed by atoms with Crippen molar-refractivity contribution >= 4 is 45.7 Å². The maximum atomic E-state index is 14.0. The third-order valence-corrected chi connectivity index (χ3v) is 11.9. The lowest BCUT2D eigenvalue weighted by Gasteiger charge is -2.26. The minimum Gasteiger partial charge on any atom is -0.481 e. The molecule has 2 atom stereocenters. The van der Waals surface area contributed by atoms with Crippen LogP contribution in [0.2, 0.25) is 10.0 Å². The zero-order valence-electron chi connectivity index (χ0n) is 32.4. The van der Waals surface area contributed by atoms with Crippen molar-refractivity contribution in [1.82, 2.24) is 33.9 Å². The molecular weight excluding hydrogens is 800 g/mol. The van der Waals surface area contributed by atoms with E-state index >= 15 is 0 Å². The van der Waals surface area contributed by atoms with Gasteiger partial charge in [0.25, 0.3) is 5.56 Å². The van der Waals surface area contributed by atoms with Crippen LogP contribution in [0.5, 0.6) is 5.88 Å². The Hall–Kier alpha value is -4.58. The van der Waals surface area contributed by atoms with E-state index in [0.29, 0.717) is 52.4 Å². The molecule has 13 nitrogen and oxygen atoms in total. The largest absolute Gasteiger partial charge is 0.481 e. The number of rotatable bonds is 13. The van der Waals surface area contributed by atoms with Gasteiger partial charge >= 0.3 is 11.9 Å². The predicted molar refractivity (Wildman–Crippen MR) is 216 cm³/mol. The lowest BCUT2D eigenvalue weighted by molar-refractivity contribution is -0.144. The number of fused-ring (bicyclic) bond motifs is 2. The quantitative estimate of drug-likeness (QED) is 0.127. The second-order valence-electron chi connectivity index (χ2n) is 14.6. The summed E-state index contributed by atoms with van der Waals surface area (Å²) < 4.78 is 54.6. The molecule has 1 aliphatic carbocycles. The summed E-state index contributed by atoms with van der Waals surface area (Å²) in [5.41, 5.74) is 2.34. The molecule has 0 bridgehead atoms. The second kappa shape index (κ2) is 17.0. The number of aliphatic hydroxyl groups is 1. The van der Waals surface area contributed by atoms with Crippen molar-refractivity contribution in [1.29, 1.82) is 0 Å². The number of nitrogens with zero attached hydrogens (tertiary/aromatic N) is 7. The van der Waals surface area contributed by atoms with Crippen LogP contribution in [-0.4, -0.2) is 92.7 Å². The van der Waals surface area contributed by atoms with Crippen LogP contribution in [0.25, 0.3) is 33.4 Å². The molecule has 1 saturated heterocycles. The average Bonchev–Trinajstić information content (AvgIpc) is 3.87. The Morgan fingerprint density at radius 1 is 0.966 bits per heavy atom. The summed E-state index contributed by atoms with van der Waals surface area (Å²) in [5, 5.41) is 12.7. The van der Waals surface area contributed by atoms with Crippen LogP contribution in [0, 0.1) is 5.92 Å². The van der Waals surface area contributed by atoms with Gasteiger partial charge in [-0.25, -0.2) is 19.7 Å². The van der Waals surface area contributed by atoms with E-state index in [9.17, 15) is 27.9 Å². The van der Waals surface area contributed by atoms with Gasteiger partial charge in [0.1, 0.15) is 11.2 Å². The van der Waals surface area contributed by atoms with E-state index in [1.54, 1.807) is 32.4 Å². The third-order valence-electron chi connectivity index (χ3n) is 11.1. The van der Waals surface area contributed by atoms with E-state index in [1.807, 2.05) is 17.0 Å². The van der Waals surface area contributed by atoms with Gasteiger partial charge in [0.15, 0.2) is 5.65 Å². The Morgan fingerprint density at radius 3 is 2.40 bits per heavy atom. The zero-order chi connectivity index (χ0) is 41.5. The molecule has 18 heteroatoms. The Labute approximate surface area is 342 Å². The second-order valence-corrected chi connectivity index (χ2v) is 15.3. The number of alkyl halides is 3. The number of methoxy groups -OCH3 is 2. The fourth-order valence-corrected chi connectivity index (χ4v) is 8.64. The van der Waals surface area contributed by atoms with Crippen molar-refractivity contribution in [3.05, 3.63) is 90.3 Å². The standard InChI is InChI=1S/C40H43Cl2F3N8O5/c1-50-35-31(37(55)51(2)39(50)56)34(48-38(49-35)40(43,44)45)46-27-10-6-8-25(33(27)42)24-7-5-9-26(32(24)41)28-19-23-11-12-29(30(23)36(47-28)58-4)53-16-14-22(20-53)13-15-52(21-54)17-18-57-3/h5-10,19,22,29,54H,11-18,20-21H2,1-4H3,(H,46,48,49). The number of aryl methyl sites for hydroxylation is 2. The molecule has 2 N–H and O–H groups in total. The fourth-order valence-electron chi connectivity index (χ4n) is 8.04. The topological polar surface area (TPSA) is 140 Å². The van der Waals surface area contributed by atoms with Crippen LogP contribution in [0.15, 0.2) is 52.1 Å². The number of halogens is 5. The minimum atomic E-state index is -4.98. The first-order valence-electron chi connectivity index (χ1n) is 18.8. The number of anilines is 2. The summed E-state index contributed by atoms with van der Waals surface area (Å²) in [6.45, 7) is 4.01. The molecule has 2 aliphatic rings. The highest BCUT2D eigenvalue weighted by Crippen LogP contribution is 2.47. The normalized spacial score (nSPS) is 17.1. The summed E-state index contributed by atoms with van der Waals surface area (Å²) in [4.78, 5) is 42.5. The molecule has 7 rings (SSSR count). The van der Waals surface area contributed by atoms with Crippen LogP contribution < -0.4 is 21.3 Å². The number of benzene rings is 2. The van der Waals surface area contributed by atoms with Crippen molar-refractivity contribution in [3.63, 3.8) is 0 Å². The van der Waals surface area contributed by atoms with Gasteiger partial charge in [-0.3, -0.25) is 23.7 Å². The number of aromatic nitrogens is 5. The van der Waals surface area contributed by atoms with Crippen LogP contribution in [-0.2, 0) is 31.4 Å². The van der Waals surface area contributed by atoms with E-state index in [-0.39, 0.29) is 28.9 Å². The molecule has 0 radical (unpaired) electrons. The molecule has 0 amide bonds. The molecule has 3 aromatic heterocycles. The maximum absolute atomic E-state index is 14.0. The molecule has 308 valence electrons. The fraction of sp³-hybridized carbons (Fsp3) is 0.425. The number of pyridine rings is 1. The SMILES string of the molecule is COCCN(CO)CCC1CCN(C2CCc3cc(-c4cccc(-c5cccc(Nc6nc(C(F)(F)F)nc7c6c(=O)n(C)c(=O)n7C)c5Cl)c4Cl)nc(OC)c32)C1. The highest BCUT2D eigenvalue weighted by atomic mass is 35.5. The zero-order valence-corrected chi connectivity index (χ0v) is 33.9. The Balaban J connectivity index is 1.18. The van der Waals surface area contributed by atoms with Crippen molar-refractivity contribution in [2.45, 2.75) is 37.9 Å². The highest BCUT2D eigenvalue weighted by Gasteiger charge is 2.38. The molecule has 0 saturated carbocycles. The van der Waals surface area contributed by atoms with Gasteiger partial charge in [-0.05, 0) is 55.8 Å². The molecule has 0 spiro atoms. The van der Waals surface area contributed by atoms with Gasteiger partial charge < -0.3 is 19.9 Å². The smallest absolute Gasteiger partial charge is 0.451 e. The Morgan fingerprint density at radius 2 is 1.69 bits per heavy atom. The lowest BCUT2D eigenvalue weighted by Crippen LogP contribution is -2.38. The number of aliphatic hydroxyl groups excluding tert-OH is 1. The van der Waals surface area contributed by atoms with Gasteiger partial charge in [0, 0.05) is 69.1 Å². The first kappa shape index (κ1) is 41.6. The van der Waals surface area contributed by atoms with Crippen molar-refractivity contribution in [2.24, 2.45) is 20.0 Å². The van der Waals surface area contributed by atoms with Crippen LogP contribution in [0.3, 0.4) is 0 Å². The van der Waals surface area contributed by atoms with Crippen LogP contribution >= 0.6 is 23.2 Å². The summed E-state index contributed by atoms with van der Waals surface area (Å²) in [6.07, 6.45) is -1.15. The molecule has 58 heavy (non-hydrogen) atoms. The first-order chi connectivity index (χ1) is 27.7. The molecular formula is C40H43Cl2F3N8O5. The third kappa shape index (κ3) is 7.93. The van der Waals surface area contributed by atoms with E-state index < -0.39 is 34.7 Å². The molecule has 2 unspecified atom stereocenters. The van der Waals surface area contributed by atoms with Gasteiger partial charge in [-0.1, -0.05) is 53.5 Å².